The molecular formula is C35H41F2N3O4. The van der Waals surface area contributed by atoms with Crippen molar-refractivity contribution in [1.29, 1.82) is 0 Å². The summed E-state index contributed by atoms with van der Waals surface area (Å²) in [5.74, 6) is 0.262. The summed E-state index contributed by atoms with van der Waals surface area (Å²) in [6.07, 6.45) is 9.49. The number of aliphatic imine (C=N–C) groups is 1. The van der Waals surface area contributed by atoms with Crippen molar-refractivity contribution in [3.8, 4) is 22.6 Å². The smallest absolute Gasteiger partial charge is 0.387 e. The van der Waals surface area contributed by atoms with Crippen molar-refractivity contribution in [3.63, 3.8) is 0 Å². The minimum atomic E-state index is -3.00. The average molecular weight is 606 g/mol. The molecule has 3 aromatic carbocycles. The van der Waals surface area contributed by atoms with Gasteiger partial charge in [-0.2, -0.15) is 8.78 Å². The second kappa shape index (κ2) is 18.9. The standard InChI is InChI=1S/C35H41F2N3O4/c1-4-6-20-42-21-22-43-32-15-9-28(10-16-32)29-11-17-33(44-35(36)37)30(24-29)12-18-34(41)40-31-13-7-27(8-14-31)23-26(3)39-25-38-19-5-2/h7-18,23-25,35H,4-6,19-22H2,1-3H3,(H,38,39)(H,40,41)/b18-12+,26-23+. The van der Waals surface area contributed by atoms with Crippen LogP contribution in [0.25, 0.3) is 23.3 Å². The van der Waals surface area contributed by atoms with Crippen LogP contribution in [0.4, 0.5) is 14.5 Å². The molecule has 0 bridgehead atoms. The van der Waals surface area contributed by atoms with Crippen LogP contribution in [0.15, 0.2) is 83.5 Å². The van der Waals surface area contributed by atoms with E-state index in [0.717, 1.165) is 54.8 Å². The predicted molar refractivity (Wildman–Crippen MR) is 174 cm³/mol. The highest BCUT2D eigenvalue weighted by Crippen LogP contribution is 2.30. The maximum absolute atomic E-state index is 13.1. The molecule has 0 radical (unpaired) electrons. The number of nitrogens with one attached hydrogen (secondary N) is 2. The summed E-state index contributed by atoms with van der Waals surface area (Å²) in [5.41, 5.74) is 4.45. The summed E-state index contributed by atoms with van der Waals surface area (Å²) in [5, 5.41) is 5.91. The fraction of sp³-hybridized carbons (Fsp3) is 0.314. The van der Waals surface area contributed by atoms with E-state index in [2.05, 4.69) is 29.5 Å². The van der Waals surface area contributed by atoms with Gasteiger partial charge in [0.15, 0.2) is 0 Å². The first-order chi connectivity index (χ1) is 21.4. The van der Waals surface area contributed by atoms with E-state index in [1.165, 1.54) is 18.2 Å². The van der Waals surface area contributed by atoms with Crippen molar-refractivity contribution < 1.29 is 27.8 Å². The predicted octanol–water partition coefficient (Wildman–Crippen LogP) is 8.19. The van der Waals surface area contributed by atoms with E-state index in [-0.39, 0.29) is 5.75 Å². The summed E-state index contributed by atoms with van der Waals surface area (Å²) in [6, 6.07) is 19.6. The lowest BCUT2D eigenvalue weighted by Crippen LogP contribution is -2.08. The molecule has 2 N–H and O–H groups in total. The highest BCUT2D eigenvalue weighted by Gasteiger charge is 2.11. The fourth-order valence-corrected chi connectivity index (χ4v) is 4.02. The van der Waals surface area contributed by atoms with Crippen LogP contribution in [0.2, 0.25) is 0 Å². The SMILES string of the molecule is CCCCOCCOc1ccc(-c2ccc(OC(F)F)c(/C=C/C(=O)Nc3ccc(/C=C(\C)NC=NCCC)cc3)c2)cc1. The number of rotatable bonds is 18. The molecule has 0 unspecified atom stereocenters. The fourth-order valence-electron chi connectivity index (χ4n) is 4.02. The highest BCUT2D eigenvalue weighted by atomic mass is 19.3. The lowest BCUT2D eigenvalue weighted by molar-refractivity contribution is -0.111. The molecule has 0 aliphatic heterocycles. The number of anilines is 1. The quantitative estimate of drug-likeness (QED) is 0.0661. The number of hydrogen-bond donors (Lipinski definition) is 2. The second-order valence-corrected chi connectivity index (χ2v) is 9.92. The van der Waals surface area contributed by atoms with Crippen LogP contribution in [0.1, 0.15) is 51.2 Å². The van der Waals surface area contributed by atoms with Gasteiger partial charge in [0.1, 0.15) is 18.1 Å². The molecule has 1 amide bonds. The monoisotopic (exact) mass is 605 g/mol. The normalized spacial score (nSPS) is 11.8. The highest BCUT2D eigenvalue weighted by molar-refractivity contribution is 6.02. The third-order valence-electron chi connectivity index (χ3n) is 6.26. The number of nitrogens with zero attached hydrogens (tertiary/aromatic N) is 1. The van der Waals surface area contributed by atoms with Crippen molar-refractivity contribution in [2.75, 3.05) is 31.7 Å². The molecule has 0 saturated heterocycles. The Morgan fingerprint density at radius 3 is 2.39 bits per heavy atom. The van der Waals surface area contributed by atoms with Gasteiger partial charge >= 0.3 is 6.61 Å². The van der Waals surface area contributed by atoms with Gasteiger partial charge in [-0.25, -0.2) is 0 Å². The van der Waals surface area contributed by atoms with E-state index in [9.17, 15) is 13.6 Å². The molecule has 0 aliphatic carbocycles. The van der Waals surface area contributed by atoms with Gasteiger partial charge in [0, 0.05) is 36.2 Å². The number of unbranched alkanes of at least 4 members (excludes halogenated alkanes) is 1. The Bertz CT molecular complexity index is 1390. The molecule has 0 spiro atoms. The van der Waals surface area contributed by atoms with Gasteiger partial charge in [0.25, 0.3) is 0 Å². The number of benzene rings is 3. The van der Waals surface area contributed by atoms with Crippen molar-refractivity contribution in [1.82, 2.24) is 5.32 Å². The maximum atomic E-state index is 13.1. The van der Waals surface area contributed by atoms with E-state index in [4.69, 9.17) is 14.2 Å². The Labute approximate surface area is 258 Å². The molecule has 3 aromatic rings. The largest absolute Gasteiger partial charge is 0.491 e. The number of allylic oxidation sites excluding steroid dienone is 1. The Morgan fingerprint density at radius 1 is 0.932 bits per heavy atom. The molecule has 7 nitrogen and oxygen atoms in total. The molecule has 234 valence electrons. The zero-order valence-corrected chi connectivity index (χ0v) is 25.5. The zero-order valence-electron chi connectivity index (χ0n) is 25.5. The minimum Gasteiger partial charge on any atom is -0.491 e. The third-order valence-corrected chi connectivity index (χ3v) is 6.26. The van der Waals surface area contributed by atoms with Gasteiger partial charge in [0.05, 0.1) is 12.9 Å². The number of carbonyl (C=O) groups is 1. The van der Waals surface area contributed by atoms with Gasteiger partial charge in [-0.15, -0.1) is 0 Å². The van der Waals surface area contributed by atoms with Crippen LogP contribution in [0.5, 0.6) is 11.5 Å². The number of hydrogen-bond acceptors (Lipinski definition) is 5. The number of carbonyl (C=O) groups excluding carboxylic acids is 1. The second-order valence-electron chi connectivity index (χ2n) is 9.92. The molecule has 0 saturated carbocycles. The van der Waals surface area contributed by atoms with Gasteiger partial charge < -0.3 is 24.8 Å². The number of alkyl halides is 2. The van der Waals surface area contributed by atoms with Crippen molar-refractivity contribution in [2.45, 2.75) is 46.6 Å². The molecule has 44 heavy (non-hydrogen) atoms. The van der Waals surface area contributed by atoms with Gasteiger partial charge in [-0.1, -0.05) is 50.6 Å². The van der Waals surface area contributed by atoms with Crippen LogP contribution in [-0.4, -0.2) is 45.2 Å². The van der Waals surface area contributed by atoms with E-state index < -0.39 is 12.5 Å². The van der Waals surface area contributed by atoms with Crippen molar-refractivity contribution >= 4 is 30.1 Å². The third kappa shape index (κ3) is 12.4. The van der Waals surface area contributed by atoms with E-state index in [1.807, 2.05) is 49.4 Å². The number of halogens is 2. The molecule has 0 aromatic heterocycles. The summed E-state index contributed by atoms with van der Waals surface area (Å²) >= 11 is 0. The zero-order chi connectivity index (χ0) is 31.6. The lowest BCUT2D eigenvalue weighted by atomic mass is 10.0. The van der Waals surface area contributed by atoms with E-state index >= 15 is 0 Å². The Morgan fingerprint density at radius 2 is 1.68 bits per heavy atom. The summed E-state index contributed by atoms with van der Waals surface area (Å²) in [6.45, 7) is 5.59. The summed E-state index contributed by atoms with van der Waals surface area (Å²) < 4.78 is 42.1. The Hall–Kier alpha value is -4.50. The van der Waals surface area contributed by atoms with Crippen LogP contribution in [-0.2, 0) is 9.53 Å². The van der Waals surface area contributed by atoms with E-state index in [0.29, 0.717) is 30.2 Å². The molecular weight excluding hydrogens is 564 g/mol. The molecule has 0 heterocycles. The molecule has 0 aliphatic rings. The van der Waals surface area contributed by atoms with Crippen LogP contribution >= 0.6 is 0 Å². The van der Waals surface area contributed by atoms with Gasteiger partial charge in [0.2, 0.25) is 5.91 Å². The van der Waals surface area contributed by atoms with Crippen LogP contribution in [0, 0.1) is 0 Å². The Kier molecular flexibility index (Phi) is 14.6. The topological polar surface area (TPSA) is 81.2 Å². The maximum Gasteiger partial charge on any atom is 0.387 e. The van der Waals surface area contributed by atoms with Crippen LogP contribution in [0.3, 0.4) is 0 Å². The first-order valence-corrected chi connectivity index (χ1v) is 14.8. The Balaban J connectivity index is 1.64. The average Bonchev–Trinajstić information content (AvgIpc) is 3.01. The molecule has 3 rings (SSSR count). The number of ether oxygens (including phenoxy) is 3. The van der Waals surface area contributed by atoms with Crippen molar-refractivity contribution in [2.24, 2.45) is 4.99 Å². The molecule has 0 fully saturated rings. The van der Waals surface area contributed by atoms with Gasteiger partial charge in [-0.3, -0.25) is 9.79 Å². The van der Waals surface area contributed by atoms with Crippen molar-refractivity contribution in [3.05, 3.63) is 89.6 Å². The van der Waals surface area contributed by atoms with Gasteiger partial charge in [-0.05, 0) is 85.0 Å². The molecule has 0 atom stereocenters. The lowest BCUT2D eigenvalue weighted by Gasteiger charge is -2.11. The van der Waals surface area contributed by atoms with Crippen LogP contribution < -0.4 is 20.1 Å². The summed E-state index contributed by atoms with van der Waals surface area (Å²) in [7, 11) is 0. The number of amides is 1. The molecule has 9 heteroatoms. The first-order valence-electron chi connectivity index (χ1n) is 14.8. The minimum absolute atomic E-state index is 0.0318. The van der Waals surface area contributed by atoms with E-state index in [1.54, 1.807) is 30.6 Å². The first kappa shape index (κ1) is 34.0. The summed E-state index contributed by atoms with van der Waals surface area (Å²) in [4.78, 5) is 16.9.